The third kappa shape index (κ3) is 3.20. The molecule has 4 atom stereocenters. The van der Waals surface area contributed by atoms with E-state index < -0.39 is 11.8 Å². The second-order valence-electron chi connectivity index (χ2n) is 7.37. The largest absolute Gasteiger partial charge is 0.469 e. The SMILES string of the molecule is COC(=O)C[C@H]1[NH2+][C@@H](c2ccccc2)[C@H]2C(=O)N(Cc3ccccc3)C(=O)[C@H]21. The van der Waals surface area contributed by atoms with Crippen molar-refractivity contribution in [3.05, 3.63) is 71.8 Å². The second kappa shape index (κ2) is 7.56. The van der Waals surface area contributed by atoms with Crippen LogP contribution >= 0.6 is 0 Å². The molecule has 0 bridgehead atoms. The molecule has 0 unspecified atom stereocenters. The van der Waals surface area contributed by atoms with Gasteiger partial charge in [0.2, 0.25) is 11.8 Å². The number of esters is 1. The van der Waals surface area contributed by atoms with Crippen molar-refractivity contribution in [2.24, 2.45) is 11.8 Å². The van der Waals surface area contributed by atoms with Gasteiger partial charge in [-0.1, -0.05) is 60.7 Å². The molecule has 0 saturated carbocycles. The average molecular weight is 379 g/mol. The van der Waals surface area contributed by atoms with Crippen LogP contribution in [0.5, 0.6) is 0 Å². The molecule has 2 aliphatic heterocycles. The van der Waals surface area contributed by atoms with Gasteiger partial charge in [0.1, 0.15) is 23.9 Å². The Labute approximate surface area is 163 Å². The van der Waals surface area contributed by atoms with Gasteiger partial charge in [0.15, 0.2) is 0 Å². The fourth-order valence-corrected chi connectivity index (χ4v) is 4.49. The van der Waals surface area contributed by atoms with Crippen LogP contribution in [0.15, 0.2) is 60.7 Å². The second-order valence-corrected chi connectivity index (χ2v) is 7.37. The number of carbonyl (C=O) groups excluding carboxylic acids is 3. The lowest BCUT2D eigenvalue weighted by Crippen LogP contribution is -2.89. The molecule has 2 aliphatic rings. The van der Waals surface area contributed by atoms with Gasteiger partial charge in [-0.2, -0.15) is 0 Å². The van der Waals surface area contributed by atoms with Crippen LogP contribution in [0.2, 0.25) is 0 Å². The molecule has 4 rings (SSSR count). The van der Waals surface area contributed by atoms with Crippen LogP contribution in [-0.2, 0) is 25.7 Å². The van der Waals surface area contributed by atoms with E-state index in [-0.39, 0.29) is 42.8 Å². The van der Waals surface area contributed by atoms with Crippen molar-refractivity contribution < 1.29 is 24.4 Å². The Morgan fingerprint density at radius 2 is 1.57 bits per heavy atom. The molecule has 2 heterocycles. The van der Waals surface area contributed by atoms with Gasteiger partial charge in [-0.3, -0.25) is 19.3 Å². The predicted molar refractivity (Wildman–Crippen MR) is 101 cm³/mol. The minimum Gasteiger partial charge on any atom is -0.469 e. The van der Waals surface area contributed by atoms with E-state index in [4.69, 9.17) is 4.74 Å². The van der Waals surface area contributed by atoms with Crippen molar-refractivity contribution in [3.8, 4) is 0 Å². The number of rotatable bonds is 5. The van der Waals surface area contributed by atoms with Gasteiger partial charge in [0, 0.05) is 5.56 Å². The van der Waals surface area contributed by atoms with Gasteiger partial charge in [0.05, 0.1) is 20.1 Å². The van der Waals surface area contributed by atoms with Gasteiger partial charge in [0.25, 0.3) is 0 Å². The standard InChI is InChI=1S/C22H22N2O4/c1-28-17(25)12-16-18-19(20(23-16)15-10-6-3-7-11-15)22(27)24(21(18)26)13-14-8-4-2-5-9-14/h2-11,16,18-20,23H,12-13H2,1H3/p+1/t16-,18+,19+,20+/m1/s1. The normalized spacial score (nSPS) is 26.4. The van der Waals surface area contributed by atoms with Crippen molar-refractivity contribution in [1.82, 2.24) is 4.90 Å². The minimum atomic E-state index is -0.513. The maximum atomic E-state index is 13.3. The van der Waals surface area contributed by atoms with E-state index in [9.17, 15) is 14.4 Å². The molecule has 2 aromatic rings. The molecule has 144 valence electrons. The molecule has 6 nitrogen and oxygen atoms in total. The highest BCUT2D eigenvalue weighted by Crippen LogP contribution is 2.41. The lowest BCUT2D eigenvalue weighted by molar-refractivity contribution is -0.710. The van der Waals surface area contributed by atoms with Crippen molar-refractivity contribution in [2.75, 3.05) is 7.11 Å². The molecule has 0 radical (unpaired) electrons. The Kier molecular flexibility index (Phi) is 4.96. The van der Waals surface area contributed by atoms with Gasteiger partial charge >= 0.3 is 5.97 Å². The van der Waals surface area contributed by atoms with Gasteiger partial charge in [-0.25, -0.2) is 0 Å². The zero-order chi connectivity index (χ0) is 19.7. The highest BCUT2D eigenvalue weighted by atomic mass is 16.5. The molecule has 0 aromatic heterocycles. The molecular formula is C22H23N2O4+. The number of methoxy groups -OCH3 is 1. The van der Waals surface area contributed by atoms with Crippen LogP contribution < -0.4 is 5.32 Å². The summed E-state index contributed by atoms with van der Waals surface area (Å²) in [5, 5.41) is 2.00. The Morgan fingerprint density at radius 3 is 2.21 bits per heavy atom. The predicted octanol–water partition coefficient (Wildman–Crippen LogP) is 1.04. The minimum absolute atomic E-state index is 0.110. The number of likely N-dealkylation sites (tertiary alicyclic amines) is 1. The summed E-state index contributed by atoms with van der Waals surface area (Å²) in [6.45, 7) is 0.262. The molecule has 28 heavy (non-hydrogen) atoms. The summed E-state index contributed by atoms with van der Waals surface area (Å²) >= 11 is 0. The zero-order valence-corrected chi connectivity index (χ0v) is 15.7. The molecule has 2 fully saturated rings. The number of nitrogens with two attached hydrogens (primary N) is 1. The van der Waals surface area contributed by atoms with Crippen molar-refractivity contribution in [2.45, 2.75) is 25.0 Å². The fraction of sp³-hybridized carbons (Fsp3) is 0.318. The molecular weight excluding hydrogens is 356 g/mol. The number of benzene rings is 2. The monoisotopic (exact) mass is 379 g/mol. The van der Waals surface area contributed by atoms with Crippen LogP contribution in [0.1, 0.15) is 23.6 Å². The van der Waals surface area contributed by atoms with Crippen LogP contribution in [0.4, 0.5) is 0 Å². The number of hydrogen-bond acceptors (Lipinski definition) is 4. The molecule has 2 aromatic carbocycles. The van der Waals surface area contributed by atoms with E-state index >= 15 is 0 Å². The maximum absolute atomic E-state index is 13.3. The van der Waals surface area contributed by atoms with Crippen molar-refractivity contribution in [3.63, 3.8) is 0 Å². The summed E-state index contributed by atoms with van der Waals surface area (Å²) in [4.78, 5) is 39.7. The Morgan fingerprint density at radius 1 is 0.964 bits per heavy atom. The fourth-order valence-electron chi connectivity index (χ4n) is 4.49. The molecule has 0 spiro atoms. The summed E-state index contributed by atoms with van der Waals surface area (Å²) in [6, 6.07) is 18.7. The molecule has 6 heteroatoms. The lowest BCUT2D eigenvalue weighted by atomic mass is 9.86. The Hall–Kier alpha value is -2.99. The first kappa shape index (κ1) is 18.4. The maximum Gasteiger partial charge on any atom is 0.311 e. The number of imide groups is 1. The number of hydrogen-bond donors (Lipinski definition) is 1. The number of quaternary nitrogens is 1. The Bertz CT molecular complexity index is 884. The third-order valence-corrected chi connectivity index (χ3v) is 5.79. The van der Waals surface area contributed by atoms with Gasteiger partial charge < -0.3 is 10.1 Å². The number of amides is 2. The molecule has 0 aliphatic carbocycles. The van der Waals surface area contributed by atoms with Crippen molar-refractivity contribution in [1.29, 1.82) is 0 Å². The van der Waals surface area contributed by atoms with E-state index in [1.807, 2.05) is 66.0 Å². The van der Waals surface area contributed by atoms with Gasteiger partial charge in [-0.15, -0.1) is 0 Å². The van der Waals surface area contributed by atoms with Crippen LogP contribution in [0.25, 0.3) is 0 Å². The first-order chi connectivity index (χ1) is 13.6. The van der Waals surface area contributed by atoms with Crippen LogP contribution in [-0.4, -0.2) is 35.8 Å². The van der Waals surface area contributed by atoms with E-state index in [0.717, 1.165) is 11.1 Å². The number of ether oxygens (including phenoxy) is 1. The number of fused-ring (bicyclic) bond motifs is 1. The zero-order valence-electron chi connectivity index (χ0n) is 15.7. The quantitative estimate of drug-likeness (QED) is 0.622. The lowest BCUT2D eigenvalue weighted by Gasteiger charge is -2.20. The average Bonchev–Trinajstić information content (AvgIpc) is 3.21. The Balaban J connectivity index is 1.66. The van der Waals surface area contributed by atoms with E-state index in [2.05, 4.69) is 0 Å². The van der Waals surface area contributed by atoms with Crippen LogP contribution in [0.3, 0.4) is 0 Å². The first-order valence-corrected chi connectivity index (χ1v) is 9.46. The number of carbonyl (C=O) groups is 3. The molecule has 2 N–H and O–H groups in total. The first-order valence-electron chi connectivity index (χ1n) is 9.46. The van der Waals surface area contributed by atoms with Crippen molar-refractivity contribution >= 4 is 17.8 Å². The summed E-state index contributed by atoms with van der Waals surface area (Å²) in [6.07, 6.45) is 0.110. The summed E-state index contributed by atoms with van der Waals surface area (Å²) < 4.78 is 4.82. The third-order valence-electron chi connectivity index (χ3n) is 5.79. The van der Waals surface area contributed by atoms with E-state index in [1.54, 1.807) is 0 Å². The van der Waals surface area contributed by atoms with Crippen LogP contribution in [0, 0.1) is 11.8 Å². The smallest absolute Gasteiger partial charge is 0.311 e. The van der Waals surface area contributed by atoms with E-state index in [1.165, 1.54) is 12.0 Å². The summed E-state index contributed by atoms with van der Waals surface area (Å²) in [5.41, 5.74) is 1.90. The summed E-state index contributed by atoms with van der Waals surface area (Å²) in [5.74, 6) is -1.69. The highest BCUT2D eigenvalue weighted by molar-refractivity contribution is 6.06. The van der Waals surface area contributed by atoms with Gasteiger partial charge in [-0.05, 0) is 5.56 Å². The number of nitrogens with zero attached hydrogens (tertiary/aromatic N) is 1. The summed E-state index contributed by atoms with van der Waals surface area (Å²) in [7, 11) is 1.34. The van der Waals surface area contributed by atoms with E-state index in [0.29, 0.717) is 0 Å². The molecule has 2 amide bonds. The molecule has 2 saturated heterocycles. The highest BCUT2D eigenvalue weighted by Gasteiger charge is 2.62. The topological polar surface area (TPSA) is 80.3 Å².